The van der Waals surface area contributed by atoms with E-state index in [2.05, 4.69) is 20.0 Å². The maximum Gasteiger partial charge on any atom is 0.246 e. The molecule has 0 saturated carbocycles. The number of aliphatic hydroxyl groups excluding tert-OH is 4. The molecule has 4 aliphatic heterocycles. The first-order valence-corrected chi connectivity index (χ1v) is 14.3. The third kappa shape index (κ3) is 15.5. The van der Waals surface area contributed by atoms with Crippen molar-refractivity contribution >= 4 is 47.2 Å². The number of hydrogen-bond acceptors (Lipinski definition) is 8. The third-order valence-electron chi connectivity index (χ3n) is 6.69. The van der Waals surface area contributed by atoms with Crippen molar-refractivity contribution in [1.82, 2.24) is 19.6 Å². The van der Waals surface area contributed by atoms with Gasteiger partial charge in [0, 0.05) is 121 Å². The minimum atomic E-state index is -0.343. The molecule has 2 radical (unpaired) electrons. The fourth-order valence-corrected chi connectivity index (χ4v) is 4.21. The van der Waals surface area contributed by atoms with E-state index >= 15 is 0 Å². The number of carbonyl (C=O) groups is 4. The van der Waals surface area contributed by atoms with Crippen molar-refractivity contribution in [3.8, 4) is 0 Å². The van der Waals surface area contributed by atoms with Gasteiger partial charge in [0.05, 0.1) is 0 Å². The molecule has 4 aliphatic rings. The predicted octanol–water partition coefficient (Wildman–Crippen LogP) is 0.769. The number of hydrogen-bond donors (Lipinski definition) is 4. The molecular weight excluding hydrogens is 782 g/mol. The maximum absolute atomic E-state index is 11.2. The van der Waals surface area contributed by atoms with Crippen LogP contribution in [0.25, 0.3) is 0 Å². The standard InChI is InChI=1S/4C7H12N2O2.2Rh/c4*1-9(2)7(11)5-3-4-6(10)8-5;;/h4*5H,3-4H2,1-2H3,(H,8,10);;/t4*5-;;/m0000../s1. The Labute approximate surface area is 296 Å². The number of aliphatic imine (C=N–C) groups is 4. The monoisotopic (exact) mass is 830 g/mol. The molecule has 0 fully saturated rings. The smallest absolute Gasteiger partial charge is 0.246 e. The molecule has 4 rings (SSSR count). The molecule has 0 saturated heterocycles. The van der Waals surface area contributed by atoms with Crippen LogP contribution in [0.2, 0.25) is 0 Å². The molecule has 16 nitrogen and oxygen atoms in total. The van der Waals surface area contributed by atoms with Gasteiger partial charge in [-0.15, -0.1) is 0 Å². The van der Waals surface area contributed by atoms with Gasteiger partial charge in [0.2, 0.25) is 23.6 Å². The normalized spacial score (nSPS) is 22.1. The van der Waals surface area contributed by atoms with Crippen LogP contribution in [0.1, 0.15) is 51.4 Å². The summed E-state index contributed by atoms with van der Waals surface area (Å²) in [5.74, 6) is 0.275. The van der Waals surface area contributed by atoms with E-state index in [4.69, 9.17) is 20.4 Å². The Morgan fingerprint density at radius 2 is 0.587 bits per heavy atom. The number of rotatable bonds is 4. The van der Waals surface area contributed by atoms with E-state index in [0.29, 0.717) is 51.4 Å². The van der Waals surface area contributed by atoms with Crippen molar-refractivity contribution in [1.29, 1.82) is 0 Å². The Balaban J connectivity index is 0. The summed E-state index contributed by atoms with van der Waals surface area (Å²) in [5.41, 5.74) is 0. The summed E-state index contributed by atoms with van der Waals surface area (Å²) in [6, 6.07) is -1.37. The van der Waals surface area contributed by atoms with Crippen LogP contribution in [0.3, 0.4) is 0 Å². The third-order valence-corrected chi connectivity index (χ3v) is 6.69. The zero-order valence-electron chi connectivity index (χ0n) is 27.6. The molecule has 0 aliphatic carbocycles. The van der Waals surface area contributed by atoms with E-state index in [1.54, 1.807) is 56.4 Å². The summed E-state index contributed by atoms with van der Waals surface area (Å²) in [5, 5.41) is 35.6. The van der Waals surface area contributed by atoms with Crippen LogP contribution in [0.15, 0.2) is 20.0 Å². The second-order valence-electron chi connectivity index (χ2n) is 11.3. The van der Waals surface area contributed by atoms with E-state index in [9.17, 15) is 19.2 Å². The number of amides is 4. The minimum Gasteiger partial charge on any atom is -0.497 e. The van der Waals surface area contributed by atoms with Crippen LogP contribution < -0.4 is 0 Å². The molecule has 18 heteroatoms. The van der Waals surface area contributed by atoms with Crippen LogP contribution in [-0.2, 0) is 58.1 Å². The van der Waals surface area contributed by atoms with E-state index in [1.165, 1.54) is 19.6 Å². The molecule has 4 heterocycles. The topological polar surface area (TPSA) is 212 Å². The van der Waals surface area contributed by atoms with Crippen LogP contribution in [-0.4, -0.2) is 168 Å². The molecule has 0 aromatic rings. The zero-order chi connectivity index (χ0) is 33.7. The Bertz CT molecular complexity index is 982. The Morgan fingerprint density at radius 3 is 0.674 bits per heavy atom. The molecular formula is C28H48N8O8Rh2. The summed E-state index contributed by atoms with van der Waals surface area (Å²) in [7, 11) is 13.5. The van der Waals surface area contributed by atoms with Gasteiger partial charge in [-0.3, -0.25) is 19.2 Å². The second-order valence-corrected chi connectivity index (χ2v) is 11.3. The van der Waals surface area contributed by atoms with Crippen molar-refractivity contribution in [2.75, 3.05) is 56.4 Å². The fraction of sp³-hybridized carbons (Fsp3) is 0.714. The van der Waals surface area contributed by atoms with Gasteiger partial charge in [0.25, 0.3) is 0 Å². The number of nitrogens with zero attached hydrogens (tertiary/aromatic N) is 8. The Hall–Kier alpha value is -2.99. The first-order valence-electron chi connectivity index (χ1n) is 14.3. The van der Waals surface area contributed by atoms with Crippen molar-refractivity contribution < 1.29 is 78.6 Å². The quantitative estimate of drug-likeness (QED) is 0.297. The van der Waals surface area contributed by atoms with E-state index < -0.39 is 0 Å². The fourth-order valence-electron chi connectivity index (χ4n) is 4.21. The summed E-state index contributed by atoms with van der Waals surface area (Å²) in [6.45, 7) is 0. The second kappa shape index (κ2) is 21.7. The van der Waals surface area contributed by atoms with E-state index in [0.717, 1.165) is 0 Å². The van der Waals surface area contributed by atoms with Crippen LogP contribution in [0.5, 0.6) is 0 Å². The molecule has 266 valence electrons. The van der Waals surface area contributed by atoms with E-state index in [1.807, 2.05) is 0 Å². The molecule has 0 unspecified atom stereocenters. The summed E-state index contributed by atoms with van der Waals surface area (Å²) in [6.07, 6.45) is 4.69. The van der Waals surface area contributed by atoms with Crippen molar-refractivity contribution in [3.05, 3.63) is 0 Å². The molecule has 0 bridgehead atoms. The van der Waals surface area contributed by atoms with Gasteiger partial charge in [0.1, 0.15) is 24.2 Å². The first-order chi connectivity index (χ1) is 20.4. The predicted molar refractivity (Wildman–Crippen MR) is 167 cm³/mol. The molecule has 0 aromatic heterocycles. The van der Waals surface area contributed by atoms with Crippen molar-refractivity contribution in [3.63, 3.8) is 0 Å². The molecule has 4 atom stereocenters. The van der Waals surface area contributed by atoms with Gasteiger partial charge in [-0.1, -0.05) is 0 Å². The number of aliphatic hydroxyl groups is 4. The number of likely N-dealkylation sites (N-methyl/N-ethyl adjacent to an activating group) is 4. The summed E-state index contributed by atoms with van der Waals surface area (Å²) >= 11 is 0. The largest absolute Gasteiger partial charge is 0.497 e. The van der Waals surface area contributed by atoms with Crippen LogP contribution >= 0.6 is 0 Å². The minimum absolute atomic E-state index is 0. The molecule has 4 amide bonds. The Morgan fingerprint density at radius 1 is 0.435 bits per heavy atom. The van der Waals surface area contributed by atoms with Crippen molar-refractivity contribution in [2.45, 2.75) is 75.5 Å². The van der Waals surface area contributed by atoms with Gasteiger partial charge in [0.15, 0.2) is 23.6 Å². The molecule has 0 spiro atoms. The SMILES string of the molecule is CN(C)C(=O)[C@@H]1CCC(O)=N1.CN(C)C(=O)[C@@H]1CCC(O)=N1.CN(C)C(=O)[C@@H]1CCC(O)=N1.CN(C)C(=O)[C@@H]1CCC(O)=N1.[Rh].[Rh]. The maximum atomic E-state index is 11.2. The van der Waals surface area contributed by atoms with Crippen LogP contribution in [0, 0.1) is 0 Å². The average Bonchev–Trinajstić information content (AvgIpc) is 3.77. The molecule has 0 aromatic carbocycles. The molecule has 46 heavy (non-hydrogen) atoms. The summed E-state index contributed by atoms with van der Waals surface area (Å²) < 4.78 is 0. The van der Waals surface area contributed by atoms with Gasteiger partial charge >= 0.3 is 0 Å². The Kier molecular flexibility index (Phi) is 21.3. The van der Waals surface area contributed by atoms with Crippen molar-refractivity contribution in [2.24, 2.45) is 20.0 Å². The van der Waals surface area contributed by atoms with Gasteiger partial charge in [-0.25, -0.2) is 20.0 Å². The van der Waals surface area contributed by atoms with Gasteiger partial charge < -0.3 is 40.0 Å². The van der Waals surface area contributed by atoms with Crippen LogP contribution in [0.4, 0.5) is 0 Å². The van der Waals surface area contributed by atoms with Gasteiger partial charge in [-0.05, 0) is 25.7 Å². The molecule has 4 N–H and O–H groups in total. The number of carbonyl (C=O) groups excluding carboxylic acids is 4. The average molecular weight is 831 g/mol. The van der Waals surface area contributed by atoms with Gasteiger partial charge in [-0.2, -0.15) is 0 Å². The van der Waals surface area contributed by atoms with E-state index in [-0.39, 0.29) is 110 Å². The zero-order valence-corrected chi connectivity index (χ0v) is 30.9. The summed E-state index contributed by atoms with van der Waals surface area (Å²) in [4.78, 5) is 65.9. The first kappa shape index (κ1) is 45.1.